The van der Waals surface area contributed by atoms with Crippen LogP contribution in [0.1, 0.15) is 83.1 Å². The fraction of sp³-hybridized carbons (Fsp3) is 0.714. The first-order chi connectivity index (χ1) is 13.9. The van der Waals surface area contributed by atoms with Gasteiger partial charge in [-0.1, -0.05) is 0 Å². The van der Waals surface area contributed by atoms with Crippen LogP contribution in [0.3, 0.4) is 0 Å². The van der Waals surface area contributed by atoms with Crippen molar-refractivity contribution in [1.82, 2.24) is 0 Å². The molecule has 2 atom stereocenters. The number of hydrogen-bond acceptors (Lipinski definition) is 0. The van der Waals surface area contributed by atoms with Gasteiger partial charge in [0.15, 0.2) is 0 Å². The van der Waals surface area contributed by atoms with Crippen LogP contribution in [0.4, 0.5) is 0 Å². The van der Waals surface area contributed by atoms with E-state index in [9.17, 15) is 0 Å². The van der Waals surface area contributed by atoms with Crippen molar-refractivity contribution in [1.29, 1.82) is 0 Å². The van der Waals surface area contributed by atoms with Gasteiger partial charge in [0.05, 0.1) is 0 Å². The van der Waals surface area contributed by atoms with E-state index in [1.165, 1.54) is 22.3 Å². The Morgan fingerprint density at radius 1 is 0.594 bits per heavy atom. The molecule has 0 bridgehead atoms. The van der Waals surface area contributed by atoms with Gasteiger partial charge in [-0.25, -0.2) is 0 Å². The molecule has 0 fully saturated rings. The molecule has 0 radical (unpaired) electrons. The molecule has 0 spiro atoms. The normalized spacial score (nSPS) is 24.7. The van der Waals surface area contributed by atoms with Crippen molar-refractivity contribution in [2.24, 2.45) is 21.7 Å². The Balaban J connectivity index is 2.89. The quantitative estimate of drug-likeness (QED) is 0.264. The first-order valence-corrected chi connectivity index (χ1v) is 34.5. The Kier molecular flexibility index (Phi) is 7.53. The molecular weight excluding hydrogens is 614 g/mol. The summed E-state index contributed by atoms with van der Waals surface area (Å²) >= 11 is -4.61. The summed E-state index contributed by atoms with van der Waals surface area (Å²) < 4.78 is 0.421. The predicted molar refractivity (Wildman–Crippen MR) is 148 cm³/mol. The Morgan fingerprint density at radius 3 is 1.06 bits per heavy atom. The summed E-state index contributed by atoms with van der Waals surface area (Å²) in [6.45, 7) is 32.8. The second-order valence-electron chi connectivity index (χ2n) is 14.8. The molecule has 2 rings (SSSR count). The SMILES string of the molecule is C[SiH](C)[Hf]([Cl])([Cl])([CH]1C=C(C(C)(C)C)C=C1C(C)(C)C)[CH]1C=C(C(C)(C)C)C=C1C(C)(C)C. The van der Waals surface area contributed by atoms with E-state index in [0.29, 0.717) is 0 Å². The van der Waals surface area contributed by atoms with Crippen molar-refractivity contribution >= 4 is 23.1 Å². The van der Waals surface area contributed by atoms with Crippen LogP contribution < -0.4 is 0 Å². The number of allylic oxidation sites excluding steroid dienone is 8. The number of hydrogen-bond donors (Lipinski definition) is 0. The van der Waals surface area contributed by atoms with Crippen LogP contribution in [-0.2, 0) is 15.3 Å². The zero-order valence-electron chi connectivity index (χ0n) is 23.3. The van der Waals surface area contributed by atoms with Crippen molar-refractivity contribution in [3.8, 4) is 0 Å². The molecule has 0 aromatic carbocycles. The zero-order valence-corrected chi connectivity index (χ0v) is 29.6. The molecule has 0 aromatic rings. The standard InChI is InChI=1S/2C13H21.C2H7Si.2ClH.Hf/c2*1-12(2,3)10-7-8-11(9-10)13(4,5)6;1-3-2;;;/h2*7-9H,1-6H3;3H,1-2H3;2*1H;/q;;;;;+2/p-2. The molecule has 4 heteroatoms. The molecule has 0 aliphatic heterocycles. The van der Waals surface area contributed by atoms with E-state index in [1.807, 2.05) is 0 Å². The van der Waals surface area contributed by atoms with Crippen LogP contribution in [0, 0.1) is 21.7 Å². The molecule has 32 heavy (non-hydrogen) atoms. The topological polar surface area (TPSA) is 0 Å². The van der Waals surface area contributed by atoms with Crippen LogP contribution in [0.2, 0.25) is 20.4 Å². The molecule has 0 N–H and O–H groups in total. The second kappa shape index (κ2) is 8.34. The Morgan fingerprint density at radius 2 is 0.875 bits per heavy atom. The first-order valence-electron chi connectivity index (χ1n) is 12.4. The summed E-state index contributed by atoms with van der Waals surface area (Å²) in [5.74, 6) is -1.43. The number of halogens is 2. The van der Waals surface area contributed by atoms with Gasteiger partial charge in [-0.05, 0) is 0 Å². The summed E-state index contributed by atoms with van der Waals surface area (Å²) in [5.41, 5.74) is 6.01. The van der Waals surface area contributed by atoms with Crippen molar-refractivity contribution in [2.75, 3.05) is 0 Å². The second-order valence-corrected chi connectivity index (χ2v) is 74.4. The first kappa shape index (κ1) is 28.9. The maximum atomic E-state index is 8.25. The zero-order chi connectivity index (χ0) is 25.3. The molecule has 2 unspecified atom stereocenters. The fourth-order valence-corrected chi connectivity index (χ4v) is 45.6. The molecule has 0 heterocycles. The molecule has 0 amide bonds. The van der Waals surface area contributed by atoms with Gasteiger partial charge in [-0.3, -0.25) is 0 Å². The van der Waals surface area contributed by atoms with E-state index in [4.69, 9.17) is 17.2 Å². The van der Waals surface area contributed by atoms with Gasteiger partial charge in [0, 0.05) is 0 Å². The summed E-state index contributed by atoms with van der Waals surface area (Å²) in [5, 5.41) is 0. The van der Waals surface area contributed by atoms with Crippen LogP contribution in [0.5, 0.6) is 0 Å². The van der Waals surface area contributed by atoms with Gasteiger partial charge in [0.1, 0.15) is 0 Å². The Hall–Kier alpha value is 0.627. The average molecular weight is 663 g/mol. The number of rotatable bonds is 3. The van der Waals surface area contributed by atoms with E-state index in [-0.39, 0.29) is 29.0 Å². The Bertz CT molecular complexity index is 820. The van der Waals surface area contributed by atoms with Crippen LogP contribution in [-0.4, -0.2) is 5.98 Å². The van der Waals surface area contributed by atoms with Crippen molar-refractivity contribution in [3.63, 3.8) is 0 Å². The molecular formula is C28H49Cl2HfSi. The third-order valence-corrected chi connectivity index (χ3v) is 80.7. The monoisotopic (exact) mass is 663 g/mol. The molecule has 0 nitrogen and oxygen atoms in total. The molecule has 0 saturated carbocycles. The van der Waals surface area contributed by atoms with Gasteiger partial charge in [-0.2, -0.15) is 0 Å². The van der Waals surface area contributed by atoms with Gasteiger partial charge in [0.2, 0.25) is 0 Å². The summed E-state index contributed by atoms with van der Waals surface area (Å²) in [4.78, 5) is 0. The van der Waals surface area contributed by atoms with Gasteiger partial charge < -0.3 is 0 Å². The maximum absolute atomic E-state index is 8.25. The van der Waals surface area contributed by atoms with E-state index >= 15 is 0 Å². The van der Waals surface area contributed by atoms with E-state index in [0.717, 1.165) is 0 Å². The summed E-state index contributed by atoms with van der Waals surface area (Å²) in [6, 6.07) is 0. The van der Waals surface area contributed by atoms with Gasteiger partial charge in [0.25, 0.3) is 0 Å². The van der Waals surface area contributed by atoms with Crippen molar-refractivity contribution < 1.29 is 15.3 Å². The fourth-order valence-electron chi connectivity index (χ4n) is 5.27. The average Bonchev–Trinajstić information content (AvgIpc) is 3.19. The molecule has 0 aromatic heterocycles. The van der Waals surface area contributed by atoms with Gasteiger partial charge >= 0.3 is 210 Å². The molecule has 0 saturated heterocycles. The van der Waals surface area contributed by atoms with E-state index < -0.39 is 21.3 Å². The van der Waals surface area contributed by atoms with Crippen molar-refractivity contribution in [3.05, 3.63) is 46.6 Å². The van der Waals surface area contributed by atoms with Gasteiger partial charge in [-0.15, -0.1) is 0 Å². The molecule has 2 aliphatic carbocycles. The predicted octanol–water partition coefficient (Wildman–Crippen LogP) is 10.5. The van der Waals surface area contributed by atoms with Crippen molar-refractivity contribution in [2.45, 2.75) is 104 Å². The van der Waals surface area contributed by atoms with Crippen LogP contribution in [0.25, 0.3) is 0 Å². The van der Waals surface area contributed by atoms with Crippen LogP contribution >= 0.6 is 17.2 Å². The van der Waals surface area contributed by atoms with E-state index in [2.05, 4.69) is 120 Å². The molecule has 2 aliphatic rings. The van der Waals surface area contributed by atoms with E-state index in [1.54, 1.807) is 0 Å². The van der Waals surface area contributed by atoms with Crippen LogP contribution in [0.15, 0.2) is 46.6 Å². The summed E-state index contributed by atoms with van der Waals surface area (Å²) in [7, 11) is 16.5. The minimum atomic E-state index is -4.61. The summed E-state index contributed by atoms with van der Waals surface area (Å²) in [6.07, 6.45) is 9.97. The Labute approximate surface area is 208 Å². The third-order valence-electron chi connectivity index (χ3n) is 7.74. The molecule has 183 valence electrons. The minimum absolute atomic E-state index is 0.0412. The third kappa shape index (κ3) is 5.10.